The molecule has 1 fully saturated rings. The summed E-state index contributed by atoms with van der Waals surface area (Å²) < 4.78 is 7.25. The van der Waals surface area contributed by atoms with Crippen LogP contribution in [0.2, 0.25) is 5.02 Å². The largest absolute Gasteiger partial charge is 0.376 e. The highest BCUT2D eigenvalue weighted by Crippen LogP contribution is 2.12. The summed E-state index contributed by atoms with van der Waals surface area (Å²) in [5.41, 5.74) is 1.72. The minimum Gasteiger partial charge on any atom is -0.376 e. The molecule has 6 heteroatoms. The Hall–Kier alpha value is -1.85. The number of hydrogen-bond acceptors (Lipinski definition) is 3. The van der Waals surface area contributed by atoms with E-state index < -0.39 is 0 Å². The minimum absolute atomic E-state index is 0.0656. The Kier molecular flexibility index (Phi) is 4.75. The standard InChI is InChI=1S/C16H18ClN3O2/c17-14-8-19-20(11-14)10-12-3-5-13(6-4-12)16(21)18-9-15-2-1-7-22-15/h3-6,8,11,15H,1-2,7,9-10H2,(H,18,21). The molecule has 22 heavy (non-hydrogen) atoms. The van der Waals surface area contributed by atoms with Gasteiger partial charge in [-0.1, -0.05) is 23.7 Å². The molecular weight excluding hydrogens is 302 g/mol. The van der Waals surface area contributed by atoms with Crippen LogP contribution in [0.3, 0.4) is 0 Å². The van der Waals surface area contributed by atoms with Crippen LogP contribution in [0.4, 0.5) is 0 Å². The van der Waals surface area contributed by atoms with Gasteiger partial charge in [0.25, 0.3) is 5.91 Å². The Labute approximate surface area is 134 Å². The van der Waals surface area contributed by atoms with Gasteiger partial charge in [0.2, 0.25) is 0 Å². The first-order valence-corrected chi connectivity index (χ1v) is 7.75. The Morgan fingerprint density at radius 3 is 2.86 bits per heavy atom. The van der Waals surface area contributed by atoms with E-state index in [1.54, 1.807) is 17.1 Å². The van der Waals surface area contributed by atoms with Crippen LogP contribution in [0.25, 0.3) is 0 Å². The summed E-state index contributed by atoms with van der Waals surface area (Å²) in [6.07, 6.45) is 5.63. The van der Waals surface area contributed by atoms with Gasteiger partial charge < -0.3 is 10.1 Å². The summed E-state index contributed by atoms with van der Waals surface area (Å²) in [6, 6.07) is 7.50. The number of carbonyl (C=O) groups excluding carboxylic acids is 1. The van der Waals surface area contributed by atoms with Crippen molar-refractivity contribution in [3.8, 4) is 0 Å². The Balaban J connectivity index is 1.54. The topological polar surface area (TPSA) is 56.1 Å². The second kappa shape index (κ2) is 6.94. The molecule has 1 amide bonds. The summed E-state index contributed by atoms with van der Waals surface area (Å²) in [5, 5.41) is 7.66. The number of nitrogens with one attached hydrogen (secondary N) is 1. The Morgan fingerprint density at radius 1 is 1.41 bits per heavy atom. The predicted molar refractivity (Wildman–Crippen MR) is 84.1 cm³/mol. The number of amides is 1. The number of carbonyl (C=O) groups is 1. The molecular formula is C16H18ClN3O2. The molecule has 1 atom stereocenters. The third-order valence-corrected chi connectivity index (χ3v) is 3.87. The van der Waals surface area contributed by atoms with Crippen molar-refractivity contribution in [2.45, 2.75) is 25.5 Å². The van der Waals surface area contributed by atoms with Crippen LogP contribution < -0.4 is 5.32 Å². The summed E-state index contributed by atoms with van der Waals surface area (Å²) in [6.45, 7) is 2.00. The maximum atomic E-state index is 12.1. The molecule has 0 radical (unpaired) electrons. The number of hydrogen-bond donors (Lipinski definition) is 1. The van der Waals surface area contributed by atoms with E-state index in [4.69, 9.17) is 16.3 Å². The first-order valence-electron chi connectivity index (χ1n) is 7.37. The molecule has 2 aromatic rings. The molecule has 1 N–H and O–H groups in total. The predicted octanol–water partition coefficient (Wildman–Crippen LogP) is 2.49. The van der Waals surface area contributed by atoms with Gasteiger partial charge in [-0.25, -0.2) is 0 Å². The van der Waals surface area contributed by atoms with Crippen molar-refractivity contribution in [1.29, 1.82) is 0 Å². The van der Waals surface area contributed by atoms with Crippen LogP contribution in [-0.2, 0) is 11.3 Å². The molecule has 2 heterocycles. The van der Waals surface area contributed by atoms with Crippen molar-refractivity contribution >= 4 is 17.5 Å². The highest BCUT2D eigenvalue weighted by molar-refractivity contribution is 6.30. The van der Waals surface area contributed by atoms with Gasteiger partial charge in [-0.2, -0.15) is 5.10 Å². The van der Waals surface area contributed by atoms with E-state index >= 15 is 0 Å². The van der Waals surface area contributed by atoms with Gasteiger partial charge in [0.15, 0.2) is 0 Å². The third-order valence-electron chi connectivity index (χ3n) is 3.68. The van der Waals surface area contributed by atoms with E-state index in [1.807, 2.05) is 24.3 Å². The summed E-state index contributed by atoms with van der Waals surface area (Å²) in [7, 11) is 0. The van der Waals surface area contributed by atoms with Crippen molar-refractivity contribution in [3.63, 3.8) is 0 Å². The van der Waals surface area contributed by atoms with Crippen LogP contribution in [0.5, 0.6) is 0 Å². The summed E-state index contributed by atoms with van der Waals surface area (Å²) in [5.74, 6) is -0.0656. The molecule has 1 unspecified atom stereocenters. The van der Waals surface area contributed by atoms with Crippen LogP contribution >= 0.6 is 11.6 Å². The zero-order chi connectivity index (χ0) is 15.4. The SMILES string of the molecule is O=C(NCC1CCCO1)c1ccc(Cn2cc(Cl)cn2)cc1. The number of rotatable bonds is 5. The number of aromatic nitrogens is 2. The van der Waals surface area contributed by atoms with Crippen molar-refractivity contribution in [3.05, 3.63) is 52.8 Å². The van der Waals surface area contributed by atoms with E-state index in [0.29, 0.717) is 23.7 Å². The van der Waals surface area contributed by atoms with E-state index in [1.165, 1.54) is 0 Å². The highest BCUT2D eigenvalue weighted by atomic mass is 35.5. The average Bonchev–Trinajstić information content (AvgIpc) is 3.17. The molecule has 1 aromatic heterocycles. The first-order chi connectivity index (χ1) is 10.7. The van der Waals surface area contributed by atoms with Crippen LogP contribution in [0, 0.1) is 0 Å². The van der Waals surface area contributed by atoms with Gasteiger partial charge in [-0.3, -0.25) is 9.48 Å². The average molecular weight is 320 g/mol. The second-order valence-corrected chi connectivity index (χ2v) is 5.83. The smallest absolute Gasteiger partial charge is 0.251 e. The highest BCUT2D eigenvalue weighted by Gasteiger charge is 2.16. The molecule has 5 nitrogen and oxygen atoms in total. The molecule has 1 saturated heterocycles. The van der Waals surface area contributed by atoms with Crippen molar-refractivity contribution in [2.24, 2.45) is 0 Å². The fourth-order valence-corrected chi connectivity index (χ4v) is 2.64. The monoisotopic (exact) mass is 319 g/mol. The molecule has 116 valence electrons. The molecule has 0 bridgehead atoms. The zero-order valence-electron chi connectivity index (χ0n) is 12.2. The van der Waals surface area contributed by atoms with Gasteiger partial charge >= 0.3 is 0 Å². The molecule has 0 aliphatic carbocycles. The lowest BCUT2D eigenvalue weighted by atomic mass is 10.1. The molecule has 1 aromatic carbocycles. The lowest BCUT2D eigenvalue weighted by Crippen LogP contribution is -2.31. The van der Waals surface area contributed by atoms with Gasteiger partial charge in [0, 0.05) is 24.9 Å². The molecule has 0 saturated carbocycles. The van der Waals surface area contributed by atoms with Crippen LogP contribution in [-0.4, -0.2) is 34.9 Å². The molecule has 0 spiro atoms. The lowest BCUT2D eigenvalue weighted by molar-refractivity contribution is 0.0858. The maximum absolute atomic E-state index is 12.1. The first kappa shape index (κ1) is 15.1. The quantitative estimate of drug-likeness (QED) is 0.921. The second-order valence-electron chi connectivity index (χ2n) is 5.40. The van der Waals surface area contributed by atoms with E-state index in [-0.39, 0.29) is 12.0 Å². The Bertz CT molecular complexity index is 633. The summed E-state index contributed by atoms with van der Waals surface area (Å²) >= 11 is 5.84. The van der Waals surface area contributed by atoms with E-state index in [2.05, 4.69) is 10.4 Å². The number of ether oxygens (including phenoxy) is 1. The number of halogens is 1. The van der Waals surface area contributed by atoms with Gasteiger partial charge in [-0.05, 0) is 30.5 Å². The molecule has 3 rings (SSSR count). The summed E-state index contributed by atoms with van der Waals surface area (Å²) in [4.78, 5) is 12.1. The van der Waals surface area contributed by atoms with E-state index in [0.717, 1.165) is 25.0 Å². The fourth-order valence-electron chi connectivity index (χ4n) is 2.49. The Morgan fingerprint density at radius 2 is 2.23 bits per heavy atom. The maximum Gasteiger partial charge on any atom is 0.251 e. The van der Waals surface area contributed by atoms with Crippen LogP contribution in [0.1, 0.15) is 28.8 Å². The van der Waals surface area contributed by atoms with Gasteiger partial charge in [0.1, 0.15) is 0 Å². The van der Waals surface area contributed by atoms with Crippen molar-refractivity contribution in [1.82, 2.24) is 15.1 Å². The lowest BCUT2D eigenvalue weighted by Gasteiger charge is -2.11. The van der Waals surface area contributed by atoms with Crippen LogP contribution in [0.15, 0.2) is 36.7 Å². The normalized spacial score (nSPS) is 17.6. The minimum atomic E-state index is -0.0656. The van der Waals surface area contributed by atoms with Gasteiger partial charge in [0.05, 0.1) is 23.9 Å². The third kappa shape index (κ3) is 3.87. The van der Waals surface area contributed by atoms with Crippen molar-refractivity contribution < 1.29 is 9.53 Å². The number of benzene rings is 1. The van der Waals surface area contributed by atoms with Gasteiger partial charge in [-0.15, -0.1) is 0 Å². The molecule has 1 aliphatic rings. The van der Waals surface area contributed by atoms with E-state index in [9.17, 15) is 4.79 Å². The number of nitrogens with zero attached hydrogens (tertiary/aromatic N) is 2. The van der Waals surface area contributed by atoms with Crippen molar-refractivity contribution in [2.75, 3.05) is 13.2 Å². The molecule has 1 aliphatic heterocycles. The zero-order valence-corrected chi connectivity index (χ0v) is 12.9. The fraction of sp³-hybridized carbons (Fsp3) is 0.375.